The highest BCUT2D eigenvalue weighted by atomic mass is 16.3. The number of rotatable bonds is 7. The van der Waals surface area contributed by atoms with Gasteiger partial charge in [0.25, 0.3) is 5.91 Å². The van der Waals surface area contributed by atoms with Crippen LogP contribution >= 0.6 is 0 Å². The van der Waals surface area contributed by atoms with Crippen molar-refractivity contribution in [1.82, 2.24) is 10.2 Å². The number of nitrogens with one attached hydrogen (secondary N) is 1. The second-order valence-electron chi connectivity index (χ2n) is 7.75. The number of phenols is 1. The number of benzene rings is 1. The minimum atomic E-state index is -0.317. The Kier molecular flexibility index (Phi) is 5.32. The molecule has 0 radical (unpaired) electrons. The van der Waals surface area contributed by atoms with Gasteiger partial charge >= 0.3 is 0 Å². The van der Waals surface area contributed by atoms with Crippen LogP contribution in [0, 0.1) is 0 Å². The normalized spacial score (nSPS) is 17.4. The Labute approximate surface area is 174 Å². The zero-order valence-electron chi connectivity index (χ0n) is 17.3. The molecule has 2 heterocycles. The van der Waals surface area contributed by atoms with Gasteiger partial charge in [0.05, 0.1) is 27.6 Å². The molecule has 7 nitrogen and oxygen atoms in total. The van der Waals surface area contributed by atoms with Crippen LogP contribution in [0.4, 0.5) is 0 Å². The highest BCUT2D eigenvalue weighted by Gasteiger charge is 2.31. The summed E-state index contributed by atoms with van der Waals surface area (Å²) in [5.74, 6) is -0.398. The molecule has 0 atom stereocenters. The lowest BCUT2D eigenvalue weighted by Gasteiger charge is -2.14. The van der Waals surface area contributed by atoms with E-state index in [4.69, 9.17) is 4.99 Å². The molecule has 1 aromatic rings. The van der Waals surface area contributed by atoms with E-state index in [1.165, 1.54) is 6.08 Å². The molecule has 30 heavy (non-hydrogen) atoms. The van der Waals surface area contributed by atoms with Crippen LogP contribution in [-0.4, -0.2) is 61.6 Å². The topological polar surface area (TPSA) is 94.4 Å². The molecule has 2 N–H and O–H groups in total. The van der Waals surface area contributed by atoms with Crippen LogP contribution in [0.25, 0.3) is 5.57 Å². The Morgan fingerprint density at radius 1 is 1.10 bits per heavy atom. The predicted molar refractivity (Wildman–Crippen MR) is 115 cm³/mol. The summed E-state index contributed by atoms with van der Waals surface area (Å²) in [7, 11) is 5.75. The minimum Gasteiger partial charge on any atom is -0.507 e. The SMILES string of the molecule is CNCCC1=c2c(O)c(C3=NC4=CC=CC(=O)C4=C3CCN(C)C)ccc2=NC1=O. The minimum absolute atomic E-state index is 0.00504. The fourth-order valence-corrected chi connectivity index (χ4v) is 3.95. The molecule has 154 valence electrons. The van der Waals surface area contributed by atoms with E-state index in [1.54, 1.807) is 18.2 Å². The second-order valence-corrected chi connectivity index (χ2v) is 7.75. The fourth-order valence-electron chi connectivity index (χ4n) is 3.95. The van der Waals surface area contributed by atoms with Gasteiger partial charge in [-0.3, -0.25) is 9.59 Å². The Hall–Kier alpha value is -3.16. The summed E-state index contributed by atoms with van der Waals surface area (Å²) in [6.45, 7) is 1.34. The molecular formula is C23H24N4O3. The number of hydrogen-bond donors (Lipinski definition) is 2. The number of hydrogen-bond acceptors (Lipinski definition) is 6. The van der Waals surface area contributed by atoms with Gasteiger partial charge in [0.15, 0.2) is 5.78 Å². The van der Waals surface area contributed by atoms with E-state index in [9.17, 15) is 14.7 Å². The molecule has 0 spiro atoms. The number of amides is 1. The lowest BCUT2D eigenvalue weighted by atomic mass is 9.91. The van der Waals surface area contributed by atoms with E-state index >= 15 is 0 Å². The van der Waals surface area contributed by atoms with Crippen molar-refractivity contribution in [2.75, 3.05) is 34.2 Å². The molecule has 4 rings (SSSR count). The van der Waals surface area contributed by atoms with E-state index < -0.39 is 0 Å². The number of ketones is 1. The molecule has 1 aliphatic carbocycles. The number of phenolic OH excluding ortho intramolecular Hbond substituents is 1. The molecule has 0 bridgehead atoms. The third-order valence-electron chi connectivity index (χ3n) is 5.45. The Morgan fingerprint density at radius 2 is 1.90 bits per heavy atom. The van der Waals surface area contributed by atoms with Crippen LogP contribution in [0.5, 0.6) is 5.75 Å². The van der Waals surface area contributed by atoms with Crippen LogP contribution in [0.1, 0.15) is 18.4 Å². The number of aliphatic imine (C=N–C) groups is 1. The molecule has 0 aromatic heterocycles. The van der Waals surface area contributed by atoms with Crippen molar-refractivity contribution < 1.29 is 14.7 Å². The molecule has 0 fully saturated rings. The van der Waals surface area contributed by atoms with Gasteiger partial charge in [-0.05, 0) is 70.4 Å². The largest absolute Gasteiger partial charge is 0.507 e. The van der Waals surface area contributed by atoms with Gasteiger partial charge in [-0.1, -0.05) is 6.08 Å². The fraction of sp³-hybridized carbons (Fsp3) is 0.304. The molecule has 1 aromatic carbocycles. The van der Waals surface area contributed by atoms with Crippen molar-refractivity contribution in [2.24, 2.45) is 9.98 Å². The highest BCUT2D eigenvalue weighted by molar-refractivity contribution is 6.25. The van der Waals surface area contributed by atoms with Gasteiger partial charge in [0, 0.05) is 17.7 Å². The predicted octanol–water partition coefficient (Wildman–Crippen LogP) is 0.386. The lowest BCUT2D eigenvalue weighted by molar-refractivity contribution is -0.113. The first kappa shape index (κ1) is 20.1. The third-order valence-corrected chi connectivity index (χ3v) is 5.45. The second kappa shape index (κ2) is 7.93. The van der Waals surface area contributed by atoms with Crippen LogP contribution in [0.2, 0.25) is 0 Å². The number of carbonyl (C=O) groups excluding carboxylic acids is 2. The maximum absolute atomic E-state index is 12.6. The van der Waals surface area contributed by atoms with Crippen LogP contribution < -0.4 is 15.9 Å². The average Bonchev–Trinajstić information content (AvgIpc) is 3.23. The van der Waals surface area contributed by atoms with Crippen molar-refractivity contribution in [1.29, 1.82) is 0 Å². The van der Waals surface area contributed by atoms with E-state index in [-0.39, 0.29) is 17.4 Å². The first-order chi connectivity index (χ1) is 14.4. The molecular weight excluding hydrogens is 380 g/mol. The Morgan fingerprint density at radius 3 is 2.63 bits per heavy atom. The number of nitrogens with zero attached hydrogens (tertiary/aromatic N) is 3. The van der Waals surface area contributed by atoms with Gasteiger partial charge in [-0.15, -0.1) is 0 Å². The molecule has 2 aliphatic heterocycles. The zero-order valence-corrected chi connectivity index (χ0v) is 17.3. The molecule has 0 saturated heterocycles. The molecule has 7 heteroatoms. The van der Waals surface area contributed by atoms with Crippen molar-refractivity contribution in [2.45, 2.75) is 12.8 Å². The quantitative estimate of drug-likeness (QED) is 0.686. The number of allylic oxidation sites excluding steroid dienone is 4. The van der Waals surface area contributed by atoms with E-state index in [1.807, 2.05) is 32.1 Å². The van der Waals surface area contributed by atoms with Crippen LogP contribution in [0.3, 0.4) is 0 Å². The van der Waals surface area contributed by atoms with Crippen LogP contribution in [-0.2, 0) is 9.59 Å². The number of aromatic hydroxyl groups is 1. The summed E-state index contributed by atoms with van der Waals surface area (Å²) in [5.41, 5.74) is 3.63. The number of carbonyl (C=O) groups is 2. The van der Waals surface area contributed by atoms with Crippen molar-refractivity contribution in [3.05, 3.63) is 63.3 Å². The summed E-state index contributed by atoms with van der Waals surface area (Å²) in [6.07, 6.45) is 6.14. The molecule has 0 saturated carbocycles. The molecule has 0 unspecified atom stereocenters. The zero-order chi connectivity index (χ0) is 21.4. The monoisotopic (exact) mass is 404 g/mol. The van der Waals surface area contributed by atoms with Gasteiger partial charge in [-0.25, -0.2) is 9.98 Å². The van der Waals surface area contributed by atoms with Crippen molar-refractivity contribution >= 4 is 23.0 Å². The standard InChI is InChI=1S/C23H24N4O3/c1-24-11-9-14-20-17(26-23(14)30)8-7-15(22(20)29)21-13(10-12-27(2)3)19-16(25-21)5-4-6-18(19)28/h4-8,24,29H,9-12H2,1-3H3. The Balaban J connectivity index is 1.88. The van der Waals surface area contributed by atoms with Crippen molar-refractivity contribution in [3.8, 4) is 5.75 Å². The first-order valence-electron chi connectivity index (χ1n) is 9.95. The first-order valence-corrected chi connectivity index (χ1v) is 9.95. The average molecular weight is 404 g/mol. The van der Waals surface area contributed by atoms with Crippen LogP contribution in [0.15, 0.2) is 57.2 Å². The third kappa shape index (κ3) is 3.36. The lowest BCUT2D eigenvalue weighted by Crippen LogP contribution is -2.27. The Bertz CT molecular complexity index is 1200. The maximum Gasteiger partial charge on any atom is 0.274 e. The van der Waals surface area contributed by atoms with E-state index in [0.717, 1.165) is 12.1 Å². The summed E-state index contributed by atoms with van der Waals surface area (Å²) in [5, 5.41) is 15.1. The molecule has 1 amide bonds. The van der Waals surface area contributed by atoms with E-state index in [0.29, 0.717) is 58.1 Å². The molecule has 3 aliphatic rings. The summed E-state index contributed by atoms with van der Waals surface area (Å²) in [6, 6.07) is 3.47. The smallest absolute Gasteiger partial charge is 0.274 e. The summed E-state index contributed by atoms with van der Waals surface area (Å²) in [4.78, 5) is 35.8. The number of fused-ring (bicyclic) bond motifs is 2. The maximum atomic E-state index is 12.6. The van der Waals surface area contributed by atoms with Crippen molar-refractivity contribution in [3.63, 3.8) is 0 Å². The summed E-state index contributed by atoms with van der Waals surface area (Å²) >= 11 is 0. The van der Waals surface area contributed by atoms with Gasteiger partial charge in [-0.2, -0.15) is 0 Å². The van der Waals surface area contributed by atoms with Gasteiger partial charge in [0.1, 0.15) is 5.75 Å². The summed E-state index contributed by atoms with van der Waals surface area (Å²) < 4.78 is 0. The van der Waals surface area contributed by atoms with Gasteiger partial charge in [0.2, 0.25) is 0 Å². The highest BCUT2D eigenvalue weighted by Crippen LogP contribution is 2.35. The van der Waals surface area contributed by atoms with Gasteiger partial charge < -0.3 is 15.3 Å². The van der Waals surface area contributed by atoms with E-state index in [2.05, 4.69) is 10.3 Å².